The molecule has 1 saturated carbocycles. The van der Waals surface area contributed by atoms with Crippen LogP contribution >= 0.6 is 12.4 Å². The monoisotopic (exact) mass is 421 g/mol. The van der Waals surface area contributed by atoms with Crippen molar-refractivity contribution in [2.24, 2.45) is 5.92 Å². The van der Waals surface area contributed by atoms with Crippen LogP contribution in [0.2, 0.25) is 0 Å². The normalized spacial score (nSPS) is 26.8. The summed E-state index contributed by atoms with van der Waals surface area (Å²) in [7, 11) is -3.42. The zero-order valence-corrected chi connectivity index (χ0v) is 18.4. The largest absolute Gasteiger partial charge is 0.340 e. The van der Waals surface area contributed by atoms with Crippen molar-refractivity contribution in [3.8, 4) is 0 Å². The Balaban J connectivity index is 0.00000261. The number of amides is 1. The summed E-state index contributed by atoms with van der Waals surface area (Å²) in [5.41, 5.74) is 0. The van der Waals surface area contributed by atoms with Crippen LogP contribution in [0.3, 0.4) is 0 Å². The van der Waals surface area contributed by atoms with Gasteiger partial charge in [-0.15, -0.1) is 12.4 Å². The van der Waals surface area contributed by atoms with Gasteiger partial charge in [-0.25, -0.2) is 8.42 Å². The maximum Gasteiger partial charge on any atom is 0.241 e. The molecule has 8 heteroatoms. The van der Waals surface area contributed by atoms with Gasteiger partial charge in [0.15, 0.2) is 9.84 Å². The van der Waals surface area contributed by atoms with Gasteiger partial charge in [-0.1, -0.05) is 33.1 Å². The van der Waals surface area contributed by atoms with E-state index < -0.39 is 15.1 Å². The fraction of sp³-hybridized carbons (Fsp3) is 0.947. The van der Waals surface area contributed by atoms with Crippen molar-refractivity contribution in [2.45, 2.75) is 68.9 Å². The molecule has 0 aromatic heterocycles. The van der Waals surface area contributed by atoms with Crippen molar-refractivity contribution in [3.05, 3.63) is 0 Å². The zero-order valence-electron chi connectivity index (χ0n) is 16.7. The van der Waals surface area contributed by atoms with E-state index in [1.165, 1.54) is 0 Å². The zero-order chi connectivity index (χ0) is 18.7. The summed E-state index contributed by atoms with van der Waals surface area (Å²) in [6.45, 7) is 9.16. The Morgan fingerprint density at radius 2 is 1.63 bits per heavy atom. The molecule has 0 bridgehead atoms. The summed E-state index contributed by atoms with van der Waals surface area (Å²) in [5.74, 6) is -0.323. The molecule has 6 nitrogen and oxygen atoms in total. The van der Waals surface area contributed by atoms with Gasteiger partial charge in [0.25, 0.3) is 0 Å². The molecule has 1 aliphatic carbocycles. The molecule has 27 heavy (non-hydrogen) atoms. The van der Waals surface area contributed by atoms with Gasteiger partial charge in [0.05, 0.1) is 5.25 Å². The number of hydrogen-bond donors (Lipinski definition) is 1. The SMILES string of the molecule is CC(C)C(C(=O)N1CCC(N2CCNCC2)C1)S(=O)(=O)C1CCCCC1.Cl. The fourth-order valence-electron chi connectivity index (χ4n) is 4.87. The topological polar surface area (TPSA) is 69.7 Å². The molecule has 1 N–H and O–H groups in total. The number of carbonyl (C=O) groups is 1. The quantitative estimate of drug-likeness (QED) is 0.731. The van der Waals surface area contributed by atoms with Crippen molar-refractivity contribution in [2.75, 3.05) is 39.3 Å². The molecule has 0 spiro atoms. The lowest BCUT2D eigenvalue weighted by atomic mass is 10.0. The first-order chi connectivity index (χ1) is 12.4. The van der Waals surface area contributed by atoms with Gasteiger partial charge in [-0.3, -0.25) is 9.69 Å². The third kappa shape index (κ3) is 5.17. The standard InChI is InChI=1S/C19H35N3O3S.ClH/c1-15(2)18(26(24,25)17-6-4-3-5-7-17)19(23)22-11-8-16(14-22)21-12-9-20-10-13-21;/h15-18,20H,3-14H2,1-2H3;1H. The van der Waals surface area contributed by atoms with Crippen LogP contribution in [0.25, 0.3) is 0 Å². The number of hydrogen-bond acceptors (Lipinski definition) is 5. The smallest absolute Gasteiger partial charge is 0.241 e. The number of likely N-dealkylation sites (tertiary alicyclic amines) is 1. The number of carbonyl (C=O) groups excluding carboxylic acids is 1. The molecule has 2 saturated heterocycles. The molecular formula is C19H36ClN3O3S. The highest BCUT2D eigenvalue weighted by Gasteiger charge is 2.44. The molecule has 2 aliphatic heterocycles. The molecule has 3 rings (SSSR count). The van der Waals surface area contributed by atoms with E-state index in [-0.39, 0.29) is 29.5 Å². The predicted molar refractivity (Wildman–Crippen MR) is 111 cm³/mol. The molecule has 2 heterocycles. The number of nitrogens with zero attached hydrogens (tertiary/aromatic N) is 2. The Labute approximate surface area is 170 Å². The van der Waals surface area contributed by atoms with E-state index in [2.05, 4.69) is 10.2 Å². The summed E-state index contributed by atoms with van der Waals surface area (Å²) >= 11 is 0. The van der Waals surface area contributed by atoms with Crippen LogP contribution in [0.1, 0.15) is 52.4 Å². The van der Waals surface area contributed by atoms with E-state index in [0.29, 0.717) is 19.1 Å². The van der Waals surface area contributed by atoms with Crippen molar-refractivity contribution in [1.82, 2.24) is 15.1 Å². The van der Waals surface area contributed by atoms with Gasteiger partial charge in [-0.2, -0.15) is 0 Å². The highest BCUT2D eigenvalue weighted by Crippen LogP contribution is 2.30. The van der Waals surface area contributed by atoms with Crippen LogP contribution in [0, 0.1) is 5.92 Å². The Hall–Kier alpha value is -0.370. The van der Waals surface area contributed by atoms with E-state index >= 15 is 0 Å². The van der Waals surface area contributed by atoms with E-state index in [1.807, 2.05) is 18.7 Å². The Bertz CT molecular complexity index is 587. The predicted octanol–water partition coefficient (Wildman–Crippen LogP) is 1.69. The minimum Gasteiger partial charge on any atom is -0.340 e. The van der Waals surface area contributed by atoms with Crippen LogP contribution in [0.4, 0.5) is 0 Å². The summed E-state index contributed by atoms with van der Waals surface area (Å²) in [6, 6.07) is 0.381. The molecule has 3 aliphatic rings. The maximum atomic E-state index is 13.2. The Kier molecular flexibility index (Phi) is 8.40. The first kappa shape index (κ1) is 22.9. The average molecular weight is 422 g/mol. The molecule has 0 radical (unpaired) electrons. The minimum atomic E-state index is -3.42. The lowest BCUT2D eigenvalue weighted by Crippen LogP contribution is -2.51. The molecule has 2 unspecified atom stereocenters. The number of halogens is 1. The average Bonchev–Trinajstić information content (AvgIpc) is 3.13. The molecule has 1 amide bonds. The second-order valence-electron chi connectivity index (χ2n) is 8.53. The van der Waals surface area contributed by atoms with Crippen molar-refractivity contribution in [1.29, 1.82) is 0 Å². The summed E-state index contributed by atoms with van der Waals surface area (Å²) in [4.78, 5) is 17.5. The highest BCUT2D eigenvalue weighted by molar-refractivity contribution is 7.93. The van der Waals surface area contributed by atoms with Crippen LogP contribution < -0.4 is 5.32 Å². The first-order valence-corrected chi connectivity index (χ1v) is 12.0. The van der Waals surface area contributed by atoms with Gasteiger partial charge < -0.3 is 10.2 Å². The first-order valence-electron chi connectivity index (χ1n) is 10.4. The van der Waals surface area contributed by atoms with Gasteiger partial charge in [-0.05, 0) is 25.2 Å². The van der Waals surface area contributed by atoms with E-state index in [1.54, 1.807) is 0 Å². The van der Waals surface area contributed by atoms with Crippen LogP contribution in [0.5, 0.6) is 0 Å². The van der Waals surface area contributed by atoms with Gasteiger partial charge >= 0.3 is 0 Å². The highest BCUT2D eigenvalue weighted by atomic mass is 35.5. The van der Waals surface area contributed by atoms with Crippen LogP contribution in [0.15, 0.2) is 0 Å². The van der Waals surface area contributed by atoms with E-state index in [4.69, 9.17) is 0 Å². The third-order valence-electron chi connectivity index (χ3n) is 6.36. The van der Waals surface area contributed by atoms with E-state index in [0.717, 1.165) is 64.7 Å². The second kappa shape index (κ2) is 9.90. The summed E-state index contributed by atoms with van der Waals surface area (Å²) in [6.07, 6.45) is 5.46. The molecule has 3 fully saturated rings. The molecule has 158 valence electrons. The molecule has 2 atom stereocenters. The van der Waals surface area contributed by atoms with Crippen LogP contribution in [-0.2, 0) is 14.6 Å². The number of sulfone groups is 1. The number of rotatable bonds is 5. The van der Waals surface area contributed by atoms with E-state index in [9.17, 15) is 13.2 Å². The second-order valence-corrected chi connectivity index (χ2v) is 10.9. The lowest BCUT2D eigenvalue weighted by molar-refractivity contribution is -0.130. The Morgan fingerprint density at radius 1 is 1.00 bits per heavy atom. The minimum absolute atomic E-state index is 0. The summed E-state index contributed by atoms with van der Waals surface area (Å²) in [5, 5.41) is 2.17. The molecular weight excluding hydrogens is 386 g/mol. The molecule has 0 aromatic carbocycles. The van der Waals surface area contributed by atoms with Gasteiger partial charge in [0.2, 0.25) is 5.91 Å². The van der Waals surface area contributed by atoms with Crippen LogP contribution in [-0.4, -0.2) is 79.9 Å². The number of nitrogens with one attached hydrogen (secondary N) is 1. The Morgan fingerprint density at radius 3 is 2.22 bits per heavy atom. The lowest BCUT2D eigenvalue weighted by Gasteiger charge is -2.33. The summed E-state index contributed by atoms with van der Waals surface area (Å²) < 4.78 is 26.5. The van der Waals surface area contributed by atoms with Gasteiger partial charge in [0, 0.05) is 45.3 Å². The van der Waals surface area contributed by atoms with Gasteiger partial charge in [0.1, 0.15) is 5.25 Å². The molecule has 0 aromatic rings. The third-order valence-corrected chi connectivity index (χ3v) is 9.22. The maximum absolute atomic E-state index is 13.2. The number of piperazine rings is 1. The van der Waals surface area contributed by atoms with Crippen molar-refractivity contribution in [3.63, 3.8) is 0 Å². The van der Waals surface area contributed by atoms with Crippen molar-refractivity contribution < 1.29 is 13.2 Å². The van der Waals surface area contributed by atoms with Crippen molar-refractivity contribution >= 4 is 28.2 Å². The fourth-order valence-corrected chi connectivity index (χ4v) is 7.47.